The topological polar surface area (TPSA) is 46.0 Å². The van der Waals surface area contributed by atoms with Crippen molar-refractivity contribution in [3.63, 3.8) is 0 Å². The third-order valence-corrected chi connectivity index (χ3v) is 4.39. The standard InChI is InChI=1S/C12H20N2OS/c1-8-4-6-9(7-5-8)10-13-11(16-14-10)12(2,3)15/h8-9,15H,4-7H2,1-3H3. The van der Waals surface area contributed by atoms with Crippen LogP contribution in [0.1, 0.15) is 63.2 Å². The lowest BCUT2D eigenvalue weighted by molar-refractivity contribution is 0.0780. The quantitative estimate of drug-likeness (QED) is 0.864. The minimum atomic E-state index is -0.849. The van der Waals surface area contributed by atoms with Crippen LogP contribution in [0.25, 0.3) is 0 Å². The second-order valence-electron chi connectivity index (χ2n) is 5.47. The molecule has 1 aliphatic rings. The van der Waals surface area contributed by atoms with Crippen molar-refractivity contribution in [2.24, 2.45) is 5.92 Å². The van der Waals surface area contributed by atoms with Crippen LogP contribution in [0, 0.1) is 5.92 Å². The van der Waals surface area contributed by atoms with Gasteiger partial charge in [-0.2, -0.15) is 4.37 Å². The van der Waals surface area contributed by atoms with Crippen LogP contribution in [-0.2, 0) is 5.60 Å². The summed E-state index contributed by atoms with van der Waals surface area (Å²) < 4.78 is 4.40. The normalized spacial score (nSPS) is 27.0. The molecule has 1 aromatic heterocycles. The summed E-state index contributed by atoms with van der Waals surface area (Å²) in [7, 11) is 0. The summed E-state index contributed by atoms with van der Waals surface area (Å²) >= 11 is 1.34. The molecular formula is C12H20N2OS. The molecule has 0 aromatic carbocycles. The number of rotatable bonds is 2. The molecule has 0 spiro atoms. The van der Waals surface area contributed by atoms with Crippen LogP contribution in [0.4, 0.5) is 0 Å². The maximum Gasteiger partial charge on any atom is 0.145 e. The molecule has 1 fully saturated rings. The molecule has 1 aliphatic carbocycles. The van der Waals surface area contributed by atoms with Gasteiger partial charge in [-0.05, 0) is 44.1 Å². The van der Waals surface area contributed by atoms with E-state index in [0.29, 0.717) is 5.92 Å². The van der Waals surface area contributed by atoms with Crippen molar-refractivity contribution < 1.29 is 5.11 Å². The molecule has 0 bridgehead atoms. The van der Waals surface area contributed by atoms with Crippen LogP contribution in [0.5, 0.6) is 0 Å². The van der Waals surface area contributed by atoms with Gasteiger partial charge in [0.15, 0.2) is 0 Å². The molecule has 16 heavy (non-hydrogen) atoms. The lowest BCUT2D eigenvalue weighted by Crippen LogP contribution is -2.16. The highest BCUT2D eigenvalue weighted by atomic mass is 32.1. The van der Waals surface area contributed by atoms with E-state index in [1.165, 1.54) is 37.2 Å². The first-order valence-corrected chi connectivity index (χ1v) is 6.80. The van der Waals surface area contributed by atoms with E-state index in [-0.39, 0.29) is 0 Å². The van der Waals surface area contributed by atoms with Crippen molar-refractivity contribution in [2.75, 3.05) is 0 Å². The summed E-state index contributed by atoms with van der Waals surface area (Å²) in [5, 5.41) is 10.6. The first-order chi connectivity index (χ1) is 7.47. The number of aromatic nitrogens is 2. The molecule has 3 nitrogen and oxygen atoms in total. The van der Waals surface area contributed by atoms with E-state index in [1.54, 1.807) is 13.8 Å². The van der Waals surface area contributed by atoms with Crippen molar-refractivity contribution in [3.05, 3.63) is 10.8 Å². The van der Waals surface area contributed by atoms with E-state index in [9.17, 15) is 5.11 Å². The Labute approximate surface area is 101 Å². The largest absolute Gasteiger partial charge is 0.383 e. The van der Waals surface area contributed by atoms with Gasteiger partial charge in [0.05, 0.1) is 0 Å². The molecule has 0 amide bonds. The van der Waals surface area contributed by atoms with E-state index in [0.717, 1.165) is 16.7 Å². The predicted octanol–water partition coefficient (Wildman–Crippen LogP) is 3.06. The summed E-state index contributed by atoms with van der Waals surface area (Å²) in [5.41, 5.74) is -0.849. The highest BCUT2D eigenvalue weighted by Crippen LogP contribution is 2.35. The summed E-state index contributed by atoms with van der Waals surface area (Å²) in [6.07, 6.45) is 4.95. The Kier molecular flexibility index (Phi) is 3.31. The van der Waals surface area contributed by atoms with Crippen molar-refractivity contribution in [1.29, 1.82) is 0 Å². The molecule has 4 heteroatoms. The Morgan fingerprint density at radius 3 is 2.38 bits per heavy atom. The van der Waals surface area contributed by atoms with Crippen molar-refractivity contribution in [2.45, 2.75) is 58.0 Å². The molecule has 0 unspecified atom stereocenters. The zero-order chi connectivity index (χ0) is 11.8. The highest BCUT2D eigenvalue weighted by Gasteiger charge is 2.26. The number of nitrogens with zero attached hydrogens (tertiary/aromatic N) is 2. The summed E-state index contributed by atoms with van der Waals surface area (Å²) in [6.45, 7) is 5.84. The third kappa shape index (κ3) is 2.61. The van der Waals surface area contributed by atoms with E-state index >= 15 is 0 Å². The monoisotopic (exact) mass is 240 g/mol. The van der Waals surface area contributed by atoms with E-state index < -0.39 is 5.60 Å². The second-order valence-corrected chi connectivity index (χ2v) is 6.23. The van der Waals surface area contributed by atoms with Crippen LogP contribution in [-0.4, -0.2) is 14.5 Å². The molecule has 2 rings (SSSR count). The minimum absolute atomic E-state index is 0.517. The van der Waals surface area contributed by atoms with Gasteiger partial charge in [0.1, 0.15) is 16.4 Å². The van der Waals surface area contributed by atoms with Crippen LogP contribution >= 0.6 is 11.5 Å². The molecule has 90 valence electrons. The highest BCUT2D eigenvalue weighted by molar-refractivity contribution is 7.05. The van der Waals surface area contributed by atoms with Gasteiger partial charge in [0, 0.05) is 5.92 Å². The lowest BCUT2D eigenvalue weighted by atomic mass is 9.83. The molecule has 1 aromatic rings. The first kappa shape index (κ1) is 12.0. The van der Waals surface area contributed by atoms with Crippen molar-refractivity contribution in [1.82, 2.24) is 9.36 Å². The third-order valence-electron chi connectivity index (χ3n) is 3.35. The van der Waals surface area contributed by atoms with E-state index in [2.05, 4.69) is 16.3 Å². The van der Waals surface area contributed by atoms with Gasteiger partial charge >= 0.3 is 0 Å². The maximum absolute atomic E-state index is 9.85. The molecule has 0 atom stereocenters. The van der Waals surface area contributed by atoms with Gasteiger partial charge in [-0.3, -0.25) is 0 Å². The van der Waals surface area contributed by atoms with Crippen LogP contribution in [0.3, 0.4) is 0 Å². The second kappa shape index (κ2) is 4.41. The Morgan fingerprint density at radius 1 is 1.25 bits per heavy atom. The Bertz CT molecular complexity index is 348. The molecule has 1 heterocycles. The summed E-state index contributed by atoms with van der Waals surface area (Å²) in [6, 6.07) is 0. The fraction of sp³-hybridized carbons (Fsp3) is 0.833. The fourth-order valence-electron chi connectivity index (χ4n) is 2.17. The van der Waals surface area contributed by atoms with E-state index in [1.807, 2.05) is 0 Å². The van der Waals surface area contributed by atoms with Gasteiger partial charge in [0.25, 0.3) is 0 Å². The number of hydrogen-bond donors (Lipinski definition) is 1. The van der Waals surface area contributed by atoms with E-state index in [4.69, 9.17) is 0 Å². The van der Waals surface area contributed by atoms with Gasteiger partial charge in [-0.25, -0.2) is 4.98 Å². The fourth-order valence-corrected chi connectivity index (χ4v) is 2.90. The summed E-state index contributed by atoms with van der Waals surface area (Å²) in [5.74, 6) is 2.32. The lowest BCUT2D eigenvalue weighted by Gasteiger charge is -2.23. The summed E-state index contributed by atoms with van der Waals surface area (Å²) in [4.78, 5) is 4.49. The van der Waals surface area contributed by atoms with Gasteiger partial charge in [0.2, 0.25) is 0 Å². The SMILES string of the molecule is CC1CCC(c2nsc(C(C)(C)O)n2)CC1. The molecule has 0 aliphatic heterocycles. The molecule has 1 saturated carbocycles. The number of hydrogen-bond acceptors (Lipinski definition) is 4. The average molecular weight is 240 g/mol. The molecule has 0 saturated heterocycles. The zero-order valence-electron chi connectivity index (χ0n) is 10.2. The van der Waals surface area contributed by atoms with Gasteiger partial charge in [-0.15, -0.1) is 0 Å². The molecule has 1 N–H and O–H groups in total. The zero-order valence-corrected chi connectivity index (χ0v) is 11.0. The molecular weight excluding hydrogens is 220 g/mol. The molecule has 0 radical (unpaired) electrons. The van der Waals surface area contributed by atoms with Crippen molar-refractivity contribution in [3.8, 4) is 0 Å². The Morgan fingerprint density at radius 2 is 1.88 bits per heavy atom. The van der Waals surface area contributed by atoms with Crippen LogP contribution in [0.15, 0.2) is 0 Å². The van der Waals surface area contributed by atoms with Crippen LogP contribution in [0.2, 0.25) is 0 Å². The van der Waals surface area contributed by atoms with Gasteiger partial charge in [-0.1, -0.05) is 19.8 Å². The minimum Gasteiger partial charge on any atom is -0.383 e. The first-order valence-electron chi connectivity index (χ1n) is 6.03. The van der Waals surface area contributed by atoms with Crippen LogP contribution < -0.4 is 0 Å². The van der Waals surface area contributed by atoms with Gasteiger partial charge < -0.3 is 5.11 Å². The predicted molar refractivity (Wildman–Crippen MR) is 65.5 cm³/mol. The average Bonchev–Trinajstić information content (AvgIpc) is 2.67. The smallest absolute Gasteiger partial charge is 0.145 e. The van der Waals surface area contributed by atoms with Crippen molar-refractivity contribution >= 4 is 11.5 Å². The Balaban J connectivity index is 2.08. The number of aliphatic hydroxyl groups is 1. The maximum atomic E-state index is 9.85. The Hall–Kier alpha value is -0.480.